The maximum Gasteiger partial charge on any atom is -0.000878 e. The van der Waals surface area contributed by atoms with Gasteiger partial charge in [-0.15, -0.1) is 0 Å². The van der Waals surface area contributed by atoms with Crippen LogP contribution >= 0.6 is 0 Å². The Labute approximate surface area is 47.2 Å². The highest BCUT2D eigenvalue weighted by Crippen LogP contribution is 1.56. The molecule has 0 bridgehead atoms. The zero-order chi connectivity index (χ0) is 5.41. The standard InChI is InChI=1S/C3H8.CH8Si2/c1-3-2;2-1-3/h3H2,1-2H3;1H2,2-3H3. The molecule has 0 nitrogen and oxygen atoms in total. The van der Waals surface area contributed by atoms with Crippen molar-refractivity contribution in [1.82, 2.24) is 0 Å². The van der Waals surface area contributed by atoms with Crippen molar-refractivity contribution in [3.8, 4) is 0 Å². The second-order valence-corrected chi connectivity index (χ2v) is 7.07. The molecule has 0 rings (SSSR count). The van der Waals surface area contributed by atoms with Gasteiger partial charge in [-0.2, -0.15) is 0 Å². The summed E-state index contributed by atoms with van der Waals surface area (Å²) in [6.45, 7) is 4.25. The van der Waals surface area contributed by atoms with Crippen LogP contribution in [0.1, 0.15) is 20.3 Å². The molecule has 2 heteroatoms. The highest BCUT2D eigenvalue weighted by atomic mass is 28.2. The Kier molecular flexibility index (Phi) is 29.0. The summed E-state index contributed by atoms with van der Waals surface area (Å²) in [6, 6.07) is 0. The molecule has 0 aromatic carbocycles. The minimum atomic E-state index is 1.25. The number of rotatable bonds is 0. The molecule has 0 aromatic rings. The zero-order valence-electron chi connectivity index (χ0n) is 5.41. The van der Waals surface area contributed by atoms with Gasteiger partial charge in [-0.05, 0) is 20.5 Å². The molecule has 0 heterocycles. The quantitative estimate of drug-likeness (QED) is 0.379. The van der Waals surface area contributed by atoms with E-state index in [1.165, 1.54) is 32.6 Å². The van der Waals surface area contributed by atoms with Crippen LogP contribution in [0.2, 0.25) is 5.67 Å². The fraction of sp³-hybridized carbons (Fsp3) is 1.00. The molecule has 0 aliphatic rings. The molecule has 0 aliphatic heterocycles. The lowest BCUT2D eigenvalue weighted by molar-refractivity contribution is 1.09. The molecular formula is C4H16Si2. The molecule has 0 fully saturated rings. The third-order valence-electron chi connectivity index (χ3n) is 0. The Morgan fingerprint density at radius 2 is 1.17 bits per heavy atom. The van der Waals surface area contributed by atoms with Gasteiger partial charge in [-0.25, -0.2) is 0 Å². The smallest absolute Gasteiger partial charge is 0.000878 e. The van der Waals surface area contributed by atoms with E-state index in [4.69, 9.17) is 0 Å². The third kappa shape index (κ3) is 278. The molecule has 0 saturated carbocycles. The summed E-state index contributed by atoms with van der Waals surface area (Å²) in [5.41, 5.74) is 1.53. The van der Waals surface area contributed by atoms with Crippen LogP contribution in [-0.2, 0) is 0 Å². The van der Waals surface area contributed by atoms with E-state index in [1.807, 2.05) is 0 Å². The normalized spacial score (nSPS) is 7.00. The van der Waals surface area contributed by atoms with Crippen molar-refractivity contribution < 1.29 is 0 Å². The van der Waals surface area contributed by atoms with Crippen molar-refractivity contribution in [2.75, 3.05) is 0 Å². The van der Waals surface area contributed by atoms with Crippen LogP contribution in [0.4, 0.5) is 0 Å². The summed E-state index contributed by atoms with van der Waals surface area (Å²) < 4.78 is 0. The van der Waals surface area contributed by atoms with Crippen molar-refractivity contribution in [3.05, 3.63) is 0 Å². The molecule has 40 valence electrons. The van der Waals surface area contributed by atoms with Gasteiger partial charge in [0.1, 0.15) is 0 Å². The first-order valence-electron chi connectivity index (χ1n) is 2.83. The topological polar surface area (TPSA) is 0 Å². The molecule has 0 aliphatic carbocycles. The van der Waals surface area contributed by atoms with E-state index in [0.717, 1.165) is 0 Å². The van der Waals surface area contributed by atoms with E-state index in [1.54, 1.807) is 0 Å². The molecule has 0 saturated heterocycles. The maximum absolute atomic E-state index is 2.12. The lowest BCUT2D eigenvalue weighted by Gasteiger charge is -1.48. The van der Waals surface area contributed by atoms with Crippen LogP contribution in [0, 0.1) is 0 Å². The molecular weight excluding hydrogens is 104 g/mol. The molecule has 0 radical (unpaired) electrons. The fourth-order valence-corrected chi connectivity index (χ4v) is 0. The first kappa shape index (κ1) is 9.66. The average Bonchev–Trinajstić information content (AvgIpc) is 1.39. The molecule has 0 amide bonds. The Balaban J connectivity index is 0. The second kappa shape index (κ2) is 18.0. The van der Waals surface area contributed by atoms with Crippen LogP contribution in [0.3, 0.4) is 0 Å². The monoisotopic (exact) mass is 120 g/mol. The Morgan fingerprint density at radius 1 is 1.17 bits per heavy atom. The summed E-state index contributed by atoms with van der Waals surface area (Å²) >= 11 is 0. The van der Waals surface area contributed by atoms with E-state index in [0.29, 0.717) is 0 Å². The lowest BCUT2D eigenvalue weighted by atomic mass is 10.6. The molecule has 0 unspecified atom stereocenters. The van der Waals surface area contributed by atoms with Gasteiger partial charge < -0.3 is 0 Å². The predicted molar refractivity (Wildman–Crippen MR) is 40.7 cm³/mol. The SMILES string of the molecule is CCC.[SiH3]C[SiH3]. The molecule has 0 atom stereocenters. The van der Waals surface area contributed by atoms with E-state index in [2.05, 4.69) is 13.8 Å². The van der Waals surface area contributed by atoms with Gasteiger partial charge in [0.25, 0.3) is 0 Å². The molecule has 0 spiro atoms. The van der Waals surface area contributed by atoms with Crippen LogP contribution < -0.4 is 0 Å². The van der Waals surface area contributed by atoms with E-state index in [9.17, 15) is 0 Å². The summed E-state index contributed by atoms with van der Waals surface area (Å²) in [5.74, 6) is 0. The van der Waals surface area contributed by atoms with E-state index < -0.39 is 0 Å². The summed E-state index contributed by atoms with van der Waals surface area (Å²) in [7, 11) is 2.86. The van der Waals surface area contributed by atoms with Crippen molar-refractivity contribution in [2.45, 2.75) is 25.9 Å². The van der Waals surface area contributed by atoms with Gasteiger partial charge in [-0.3, -0.25) is 0 Å². The first-order chi connectivity index (χ1) is 2.83. The number of hydrogen-bond acceptors (Lipinski definition) is 0. The Hall–Kier alpha value is 0.434. The van der Waals surface area contributed by atoms with Crippen molar-refractivity contribution in [3.63, 3.8) is 0 Å². The highest BCUT2D eigenvalue weighted by molar-refractivity contribution is 6.31. The summed E-state index contributed by atoms with van der Waals surface area (Å²) in [6.07, 6.45) is 1.25. The van der Waals surface area contributed by atoms with Crippen molar-refractivity contribution in [2.24, 2.45) is 0 Å². The largest absolute Gasteiger partial charge is 0.0778 e. The van der Waals surface area contributed by atoms with Gasteiger partial charge in [0.15, 0.2) is 0 Å². The maximum atomic E-state index is 2.12. The summed E-state index contributed by atoms with van der Waals surface area (Å²) in [4.78, 5) is 0. The van der Waals surface area contributed by atoms with Crippen molar-refractivity contribution in [1.29, 1.82) is 0 Å². The minimum Gasteiger partial charge on any atom is -0.0778 e. The second-order valence-electron chi connectivity index (χ2n) is 1.41. The zero-order valence-corrected chi connectivity index (χ0v) is 9.41. The van der Waals surface area contributed by atoms with Gasteiger partial charge in [0, 0.05) is 0 Å². The highest BCUT2D eigenvalue weighted by Gasteiger charge is 1.38. The van der Waals surface area contributed by atoms with Crippen LogP contribution in [0.5, 0.6) is 0 Å². The lowest BCUT2D eigenvalue weighted by Crippen LogP contribution is -1.53. The van der Waals surface area contributed by atoms with Crippen LogP contribution in [0.15, 0.2) is 0 Å². The predicted octanol–water partition coefficient (Wildman–Crippen LogP) is -0.491. The third-order valence-corrected chi connectivity index (χ3v) is 0. The fourth-order valence-electron chi connectivity index (χ4n) is 0. The Bertz CT molecular complexity index is 7.51. The Morgan fingerprint density at radius 3 is 1.17 bits per heavy atom. The van der Waals surface area contributed by atoms with Crippen LogP contribution in [0.25, 0.3) is 0 Å². The van der Waals surface area contributed by atoms with Gasteiger partial charge in [-0.1, -0.05) is 25.9 Å². The van der Waals surface area contributed by atoms with Gasteiger partial charge >= 0.3 is 0 Å². The molecule has 0 N–H and O–H groups in total. The van der Waals surface area contributed by atoms with Gasteiger partial charge in [0.05, 0.1) is 0 Å². The minimum absolute atomic E-state index is 1.25. The van der Waals surface area contributed by atoms with Gasteiger partial charge in [0.2, 0.25) is 0 Å². The summed E-state index contributed by atoms with van der Waals surface area (Å²) in [5, 5.41) is 0. The van der Waals surface area contributed by atoms with Crippen LogP contribution in [-0.4, -0.2) is 20.5 Å². The van der Waals surface area contributed by atoms with E-state index in [-0.39, 0.29) is 0 Å². The number of hydrogen-bond donors (Lipinski definition) is 0. The molecule has 0 aromatic heterocycles. The van der Waals surface area contributed by atoms with E-state index >= 15 is 0 Å². The first-order valence-corrected chi connectivity index (χ1v) is 5.66. The van der Waals surface area contributed by atoms with Crippen molar-refractivity contribution >= 4 is 20.5 Å². The molecule has 6 heavy (non-hydrogen) atoms. The average molecular weight is 120 g/mol.